The van der Waals surface area contributed by atoms with Gasteiger partial charge in [-0.05, 0) is 77.9 Å². The fourth-order valence-corrected chi connectivity index (χ4v) is 5.21. The Kier molecular flexibility index (Phi) is 3.79. The highest BCUT2D eigenvalue weighted by molar-refractivity contribution is 5.59. The Morgan fingerprint density at radius 3 is 2.73 bits per heavy atom. The summed E-state index contributed by atoms with van der Waals surface area (Å²) in [4.78, 5) is 0. The number of allylic oxidation sites excluding steroid dienone is 16. The monoisotopic (exact) mass is 337 g/mol. The maximum atomic E-state index is 8.99. The quantitative estimate of drug-likeness (QED) is 0.602. The molecule has 1 nitrogen and oxygen atoms in total. The van der Waals surface area contributed by atoms with Crippen molar-refractivity contribution >= 4 is 0 Å². The molecule has 0 heterocycles. The van der Waals surface area contributed by atoms with Gasteiger partial charge in [-0.25, -0.2) is 0 Å². The van der Waals surface area contributed by atoms with Gasteiger partial charge in [0.15, 0.2) is 0 Å². The van der Waals surface area contributed by atoms with Crippen molar-refractivity contribution in [2.45, 2.75) is 32.1 Å². The van der Waals surface area contributed by atoms with Gasteiger partial charge < -0.3 is 0 Å². The summed E-state index contributed by atoms with van der Waals surface area (Å²) in [6, 6.07) is 2.26. The van der Waals surface area contributed by atoms with E-state index < -0.39 is 0 Å². The van der Waals surface area contributed by atoms with Crippen molar-refractivity contribution in [3.63, 3.8) is 0 Å². The van der Waals surface area contributed by atoms with E-state index in [4.69, 9.17) is 5.26 Å². The first kappa shape index (κ1) is 15.6. The number of hydrogen-bond donors (Lipinski definition) is 0. The number of hydrogen-bond acceptors (Lipinski definition) is 1. The van der Waals surface area contributed by atoms with E-state index in [2.05, 4.69) is 60.8 Å². The molecule has 0 bridgehead atoms. The molecule has 0 saturated carbocycles. The van der Waals surface area contributed by atoms with Gasteiger partial charge in [0.05, 0.1) is 6.07 Å². The normalized spacial score (nSPS) is 31.7. The predicted octanol–water partition coefficient (Wildman–Crippen LogP) is 6.05. The molecule has 5 aliphatic rings. The molecule has 0 amide bonds. The topological polar surface area (TPSA) is 23.8 Å². The van der Waals surface area contributed by atoms with Crippen LogP contribution < -0.4 is 0 Å². The van der Waals surface area contributed by atoms with Gasteiger partial charge in [-0.15, -0.1) is 0 Å². The summed E-state index contributed by atoms with van der Waals surface area (Å²) in [5.41, 5.74) is 8.16. The second-order valence-corrected chi connectivity index (χ2v) is 7.94. The second-order valence-electron chi connectivity index (χ2n) is 7.94. The number of nitrogens with zero attached hydrogens (tertiary/aromatic N) is 1. The maximum absolute atomic E-state index is 8.99. The zero-order valence-corrected chi connectivity index (χ0v) is 15.0. The summed E-state index contributed by atoms with van der Waals surface area (Å²) in [6.45, 7) is 0. The zero-order valence-electron chi connectivity index (χ0n) is 15.0. The lowest BCUT2D eigenvalue weighted by Gasteiger charge is -2.45. The second kappa shape index (κ2) is 6.29. The number of nitriles is 1. The Hall–Kier alpha value is -2.59. The lowest BCUT2D eigenvalue weighted by atomic mass is 9.58. The van der Waals surface area contributed by atoms with Gasteiger partial charge in [0.1, 0.15) is 0 Å². The van der Waals surface area contributed by atoms with Gasteiger partial charge in [-0.2, -0.15) is 5.26 Å². The molecule has 3 unspecified atom stereocenters. The third kappa shape index (κ3) is 2.53. The molecule has 0 spiro atoms. The van der Waals surface area contributed by atoms with E-state index in [-0.39, 0.29) is 0 Å². The average molecular weight is 337 g/mol. The van der Waals surface area contributed by atoms with E-state index in [0.29, 0.717) is 11.8 Å². The van der Waals surface area contributed by atoms with Crippen molar-refractivity contribution < 1.29 is 0 Å². The van der Waals surface area contributed by atoms with Crippen molar-refractivity contribution in [1.29, 1.82) is 5.26 Å². The van der Waals surface area contributed by atoms with Crippen molar-refractivity contribution in [1.82, 2.24) is 0 Å². The van der Waals surface area contributed by atoms with E-state index in [1.165, 1.54) is 41.6 Å². The summed E-state index contributed by atoms with van der Waals surface area (Å²) in [5.74, 6) is 2.06. The van der Waals surface area contributed by atoms with Crippen molar-refractivity contribution in [2.75, 3.05) is 0 Å². The fraction of sp³-hybridized carbons (Fsp3) is 0.320. The van der Waals surface area contributed by atoms with Gasteiger partial charge in [-0.3, -0.25) is 0 Å². The van der Waals surface area contributed by atoms with Crippen LogP contribution in [-0.2, 0) is 0 Å². The minimum Gasteiger partial charge on any atom is -0.193 e. The van der Waals surface area contributed by atoms with Crippen molar-refractivity contribution in [2.24, 2.45) is 17.8 Å². The zero-order chi connectivity index (χ0) is 17.5. The Labute approximate surface area is 155 Å². The molecule has 1 heteroatoms. The molecule has 0 fully saturated rings. The molecule has 5 aliphatic carbocycles. The average Bonchev–Trinajstić information content (AvgIpc) is 2.71. The first-order chi connectivity index (χ1) is 12.8. The Morgan fingerprint density at radius 1 is 0.962 bits per heavy atom. The van der Waals surface area contributed by atoms with E-state index in [1.54, 1.807) is 5.57 Å². The maximum Gasteiger partial charge on any atom is 0.0947 e. The van der Waals surface area contributed by atoms with Crippen LogP contribution in [0, 0.1) is 29.1 Å². The molecule has 0 aromatic carbocycles. The van der Waals surface area contributed by atoms with Crippen LogP contribution in [0.25, 0.3) is 0 Å². The van der Waals surface area contributed by atoms with E-state index in [9.17, 15) is 0 Å². The van der Waals surface area contributed by atoms with Crippen LogP contribution in [0.1, 0.15) is 32.1 Å². The summed E-state index contributed by atoms with van der Waals surface area (Å²) in [5, 5.41) is 8.99. The Bertz CT molecular complexity index is 933. The molecule has 128 valence electrons. The smallest absolute Gasteiger partial charge is 0.0947 e. The summed E-state index contributed by atoms with van der Waals surface area (Å²) >= 11 is 0. The van der Waals surface area contributed by atoms with E-state index >= 15 is 0 Å². The van der Waals surface area contributed by atoms with Crippen molar-refractivity contribution in [3.05, 3.63) is 94.2 Å². The fourth-order valence-electron chi connectivity index (χ4n) is 5.21. The Balaban J connectivity index is 1.47. The summed E-state index contributed by atoms with van der Waals surface area (Å²) < 4.78 is 0. The summed E-state index contributed by atoms with van der Waals surface area (Å²) in [6.07, 6.45) is 28.5. The first-order valence-corrected chi connectivity index (χ1v) is 9.82. The highest BCUT2D eigenvalue weighted by atomic mass is 14.5. The van der Waals surface area contributed by atoms with Crippen LogP contribution in [0.2, 0.25) is 0 Å². The minimum atomic E-state index is 0.556. The highest BCUT2D eigenvalue weighted by Gasteiger charge is 2.42. The van der Waals surface area contributed by atoms with Crippen LogP contribution in [0.3, 0.4) is 0 Å². The molecule has 0 N–H and O–H groups in total. The minimum absolute atomic E-state index is 0.556. The standard InChI is InChI=1S/C25H23N/c26-16-18-6-4-17(5-7-18)8-9-19-10-11-22-13-12-20-2-1-3-21-14-15-23(19)25(22)24(20)21/h2,4,6,8-13,15,21,24-25H,1,3,5,7,14H2. The molecule has 26 heavy (non-hydrogen) atoms. The first-order valence-electron chi connectivity index (χ1n) is 9.82. The molecule has 0 aliphatic heterocycles. The third-order valence-corrected chi connectivity index (χ3v) is 6.56. The SMILES string of the molecule is N#CC1=CC=C(C=CC2=CC=C3C=CC4=CCCC5CC=C2C3C45)CC1. The molecule has 0 saturated heterocycles. The van der Waals surface area contributed by atoms with E-state index in [0.717, 1.165) is 24.3 Å². The predicted molar refractivity (Wildman–Crippen MR) is 106 cm³/mol. The van der Waals surface area contributed by atoms with Crippen molar-refractivity contribution in [3.8, 4) is 6.07 Å². The van der Waals surface area contributed by atoms with Gasteiger partial charge in [0.25, 0.3) is 0 Å². The van der Waals surface area contributed by atoms with Gasteiger partial charge >= 0.3 is 0 Å². The van der Waals surface area contributed by atoms with Crippen LogP contribution in [0.5, 0.6) is 0 Å². The largest absolute Gasteiger partial charge is 0.193 e. The van der Waals surface area contributed by atoms with Crippen LogP contribution in [0.15, 0.2) is 94.2 Å². The molecule has 3 atom stereocenters. The summed E-state index contributed by atoms with van der Waals surface area (Å²) in [7, 11) is 0. The van der Waals surface area contributed by atoms with E-state index in [1.807, 2.05) is 6.08 Å². The Morgan fingerprint density at radius 2 is 1.88 bits per heavy atom. The molecular formula is C25H23N. The van der Waals surface area contributed by atoms with Crippen LogP contribution >= 0.6 is 0 Å². The lowest BCUT2D eigenvalue weighted by Crippen LogP contribution is -2.35. The molecule has 5 rings (SSSR count). The van der Waals surface area contributed by atoms with Gasteiger partial charge in [0.2, 0.25) is 0 Å². The van der Waals surface area contributed by atoms with Crippen LogP contribution in [-0.4, -0.2) is 0 Å². The molecule has 0 aromatic rings. The third-order valence-electron chi connectivity index (χ3n) is 6.56. The molecular weight excluding hydrogens is 314 g/mol. The van der Waals surface area contributed by atoms with Crippen LogP contribution in [0.4, 0.5) is 0 Å². The number of rotatable bonds is 2. The van der Waals surface area contributed by atoms with Gasteiger partial charge in [0, 0.05) is 11.5 Å². The highest BCUT2D eigenvalue weighted by Crippen LogP contribution is 2.53. The molecule has 0 radical (unpaired) electrons. The van der Waals surface area contributed by atoms with Gasteiger partial charge in [-0.1, -0.05) is 54.7 Å². The lowest BCUT2D eigenvalue weighted by molar-refractivity contribution is 0.277. The molecule has 0 aromatic heterocycles.